The van der Waals surface area contributed by atoms with E-state index in [9.17, 15) is 0 Å². The first-order valence-corrected chi connectivity index (χ1v) is 12.2. The summed E-state index contributed by atoms with van der Waals surface area (Å²) in [5.74, 6) is 0. The van der Waals surface area contributed by atoms with Crippen molar-refractivity contribution in [1.29, 1.82) is 0 Å². The van der Waals surface area contributed by atoms with Crippen LogP contribution in [0.3, 0.4) is 0 Å². The molecule has 1 aromatic rings. The number of unbranched alkanes of at least 4 members (excludes halogenated alkanes) is 7. The number of fused-ring (bicyclic) bond motifs is 1. The molecule has 0 radical (unpaired) electrons. The van der Waals surface area contributed by atoms with Gasteiger partial charge < -0.3 is 18.9 Å². The largest absolute Gasteiger partial charge is 0.371 e. The van der Waals surface area contributed by atoms with Crippen LogP contribution in [0.2, 0.25) is 0 Å². The highest BCUT2D eigenvalue weighted by molar-refractivity contribution is 14.1. The zero-order chi connectivity index (χ0) is 19.6. The van der Waals surface area contributed by atoms with Crippen LogP contribution in [0.4, 0.5) is 0 Å². The number of hydrogen-bond acceptors (Lipinski definition) is 4. The summed E-state index contributed by atoms with van der Waals surface area (Å²) in [6.07, 6.45) is 10.3. The van der Waals surface area contributed by atoms with Crippen molar-refractivity contribution in [2.45, 2.75) is 93.4 Å². The van der Waals surface area contributed by atoms with Gasteiger partial charge in [0.2, 0.25) is 0 Å². The molecular weight excluding hydrogens is 467 g/mol. The van der Waals surface area contributed by atoms with E-state index in [1.807, 2.05) is 18.2 Å². The topological polar surface area (TPSA) is 36.9 Å². The van der Waals surface area contributed by atoms with Crippen LogP contribution in [0.1, 0.15) is 63.9 Å². The molecule has 2 aliphatic heterocycles. The Hall–Kier alpha value is -0.210. The zero-order valence-electron chi connectivity index (χ0n) is 17.1. The molecule has 2 saturated heterocycles. The quantitative estimate of drug-likeness (QED) is 0.198. The maximum absolute atomic E-state index is 6.19. The van der Waals surface area contributed by atoms with Crippen LogP contribution in [0.5, 0.6) is 0 Å². The van der Waals surface area contributed by atoms with Crippen LogP contribution < -0.4 is 0 Å². The van der Waals surface area contributed by atoms with Crippen LogP contribution >= 0.6 is 22.6 Å². The summed E-state index contributed by atoms with van der Waals surface area (Å²) in [5, 5.41) is 0. The first-order chi connectivity index (χ1) is 13.8. The molecule has 0 aromatic heterocycles. The monoisotopic (exact) mass is 502 g/mol. The Morgan fingerprint density at radius 3 is 2.39 bits per heavy atom. The van der Waals surface area contributed by atoms with Gasteiger partial charge in [-0.15, -0.1) is 0 Å². The van der Waals surface area contributed by atoms with Crippen molar-refractivity contribution in [2.24, 2.45) is 0 Å². The smallest absolute Gasteiger partial charge is 0.172 e. The molecule has 3 rings (SSSR count). The molecule has 0 bridgehead atoms. The summed E-state index contributed by atoms with van der Waals surface area (Å²) in [5.41, 5.74) is 1.18. The van der Waals surface area contributed by atoms with E-state index in [1.54, 1.807) is 0 Å². The van der Waals surface area contributed by atoms with Gasteiger partial charge >= 0.3 is 0 Å². The van der Waals surface area contributed by atoms with Gasteiger partial charge in [-0.3, -0.25) is 0 Å². The molecular formula is C23H35IO4. The summed E-state index contributed by atoms with van der Waals surface area (Å²) < 4.78 is 24.5. The minimum absolute atomic E-state index is 0.0146. The third kappa shape index (κ3) is 6.66. The molecule has 5 atom stereocenters. The lowest BCUT2D eigenvalue weighted by molar-refractivity contribution is -0.156. The van der Waals surface area contributed by atoms with E-state index in [1.165, 1.54) is 50.5 Å². The molecule has 28 heavy (non-hydrogen) atoms. The number of alkyl halides is 1. The highest BCUT2D eigenvalue weighted by Gasteiger charge is 2.52. The fourth-order valence-electron chi connectivity index (χ4n) is 3.92. The lowest BCUT2D eigenvalue weighted by atomic mass is 10.1. The lowest BCUT2D eigenvalue weighted by Gasteiger charge is -2.20. The maximum atomic E-state index is 6.19. The van der Waals surface area contributed by atoms with E-state index >= 15 is 0 Å². The second-order valence-corrected chi connectivity index (χ2v) is 9.33. The fraction of sp³-hybridized carbons (Fsp3) is 0.739. The van der Waals surface area contributed by atoms with Gasteiger partial charge in [-0.2, -0.15) is 0 Å². The molecule has 4 nitrogen and oxygen atoms in total. The molecule has 0 aliphatic carbocycles. The first kappa shape index (κ1) is 22.5. The highest BCUT2D eigenvalue weighted by Crippen LogP contribution is 2.37. The molecule has 2 fully saturated rings. The number of hydrogen-bond donors (Lipinski definition) is 0. The molecule has 1 aromatic carbocycles. The second-order valence-electron chi connectivity index (χ2n) is 7.89. The van der Waals surface area contributed by atoms with Crippen molar-refractivity contribution in [2.75, 3.05) is 13.2 Å². The van der Waals surface area contributed by atoms with Crippen molar-refractivity contribution >= 4 is 22.6 Å². The average Bonchev–Trinajstić information content (AvgIpc) is 3.26. The molecule has 0 amide bonds. The Morgan fingerprint density at radius 2 is 1.64 bits per heavy atom. The van der Waals surface area contributed by atoms with Gasteiger partial charge in [0.15, 0.2) is 6.29 Å². The Kier molecular flexibility index (Phi) is 10.0. The Morgan fingerprint density at radius 1 is 0.929 bits per heavy atom. The SMILES string of the molecule is CCCCCCCCCCO[C@@H]1O[C@H]2[C@H](OC[C@H]2OCc2ccccc2)[C@H]1I. The van der Waals surface area contributed by atoms with E-state index in [0.29, 0.717) is 13.2 Å². The summed E-state index contributed by atoms with van der Waals surface area (Å²) in [4.78, 5) is 0. The minimum atomic E-state index is -0.178. The van der Waals surface area contributed by atoms with E-state index in [0.717, 1.165) is 13.0 Å². The number of halogens is 1. The zero-order valence-corrected chi connectivity index (χ0v) is 19.2. The van der Waals surface area contributed by atoms with Crippen LogP contribution in [0.25, 0.3) is 0 Å². The van der Waals surface area contributed by atoms with E-state index in [4.69, 9.17) is 18.9 Å². The number of ether oxygens (including phenoxy) is 4. The molecule has 158 valence electrons. The van der Waals surface area contributed by atoms with Gasteiger partial charge in [-0.1, -0.05) is 105 Å². The van der Waals surface area contributed by atoms with Crippen molar-refractivity contribution in [3.8, 4) is 0 Å². The predicted octanol–water partition coefficient (Wildman–Crippen LogP) is 5.66. The molecule has 2 heterocycles. The highest BCUT2D eigenvalue weighted by atomic mass is 127. The van der Waals surface area contributed by atoms with Gasteiger partial charge in [-0.25, -0.2) is 0 Å². The van der Waals surface area contributed by atoms with Crippen LogP contribution in [0, 0.1) is 0 Å². The minimum Gasteiger partial charge on any atom is -0.371 e. The van der Waals surface area contributed by atoms with Gasteiger partial charge in [0, 0.05) is 6.61 Å². The Labute approximate surface area is 183 Å². The van der Waals surface area contributed by atoms with E-state index in [2.05, 4.69) is 41.6 Å². The summed E-state index contributed by atoms with van der Waals surface area (Å²) in [6.45, 7) is 4.23. The Bertz CT molecular complexity index is 541. The lowest BCUT2D eigenvalue weighted by Crippen LogP contribution is -2.31. The normalized spacial score (nSPS) is 29.3. The summed E-state index contributed by atoms with van der Waals surface area (Å²) >= 11 is 2.42. The van der Waals surface area contributed by atoms with Gasteiger partial charge in [0.25, 0.3) is 0 Å². The molecule has 0 saturated carbocycles. The van der Waals surface area contributed by atoms with Crippen molar-refractivity contribution in [3.63, 3.8) is 0 Å². The third-order valence-electron chi connectivity index (χ3n) is 5.60. The number of benzene rings is 1. The van der Waals surface area contributed by atoms with Gasteiger partial charge in [0.05, 0.1) is 17.1 Å². The standard InChI is InChI=1S/C23H35IO4/c1-2-3-4-5-6-7-8-12-15-25-23-20(24)22-21(28-23)19(17-27-22)26-16-18-13-10-9-11-14-18/h9-11,13-14,19-23H,2-8,12,15-17H2,1H3/t19-,20-,21-,22-,23-/m1/s1. The second kappa shape index (κ2) is 12.5. The van der Waals surface area contributed by atoms with Crippen LogP contribution in [-0.2, 0) is 25.6 Å². The van der Waals surface area contributed by atoms with Crippen LogP contribution in [-0.4, -0.2) is 41.7 Å². The van der Waals surface area contributed by atoms with Crippen molar-refractivity contribution < 1.29 is 18.9 Å². The fourth-order valence-corrected chi connectivity index (χ4v) is 4.91. The van der Waals surface area contributed by atoms with E-state index < -0.39 is 0 Å². The van der Waals surface area contributed by atoms with Crippen LogP contribution in [0.15, 0.2) is 30.3 Å². The molecule has 2 aliphatic rings. The molecule has 0 unspecified atom stereocenters. The van der Waals surface area contributed by atoms with Crippen molar-refractivity contribution in [1.82, 2.24) is 0 Å². The maximum Gasteiger partial charge on any atom is 0.172 e. The third-order valence-corrected chi connectivity index (χ3v) is 6.89. The predicted molar refractivity (Wildman–Crippen MR) is 120 cm³/mol. The van der Waals surface area contributed by atoms with Gasteiger partial charge in [0.1, 0.15) is 18.3 Å². The summed E-state index contributed by atoms with van der Waals surface area (Å²) in [6, 6.07) is 10.3. The Balaban J connectivity index is 1.30. The first-order valence-electron chi connectivity index (χ1n) is 11.0. The van der Waals surface area contributed by atoms with E-state index in [-0.39, 0.29) is 28.5 Å². The summed E-state index contributed by atoms with van der Waals surface area (Å²) in [7, 11) is 0. The molecule has 0 spiro atoms. The number of rotatable bonds is 13. The van der Waals surface area contributed by atoms with Gasteiger partial charge in [-0.05, 0) is 12.0 Å². The van der Waals surface area contributed by atoms with Crippen molar-refractivity contribution in [3.05, 3.63) is 35.9 Å². The molecule has 5 heteroatoms. The average molecular weight is 502 g/mol. The molecule has 0 N–H and O–H groups in total.